The van der Waals surface area contributed by atoms with Crippen LogP contribution in [0.4, 0.5) is 4.79 Å². The monoisotopic (exact) mass is 393 g/mol. The van der Waals surface area contributed by atoms with Crippen molar-refractivity contribution in [3.05, 3.63) is 30.3 Å². The molecule has 2 amide bonds. The average molecular weight is 394 g/mol. The number of benzene rings is 1. The van der Waals surface area contributed by atoms with E-state index >= 15 is 0 Å². The first-order valence-electron chi connectivity index (χ1n) is 9.92. The predicted octanol–water partition coefficient (Wildman–Crippen LogP) is 2.21. The van der Waals surface area contributed by atoms with Crippen molar-refractivity contribution in [2.24, 2.45) is 5.92 Å². The van der Waals surface area contributed by atoms with Crippen LogP contribution in [0.3, 0.4) is 0 Å². The number of nitrogens with zero attached hydrogens (tertiary/aromatic N) is 1. The number of hydrogen-bond donors (Lipinski definition) is 2. The summed E-state index contributed by atoms with van der Waals surface area (Å²) in [5.74, 6) is 1.49. The molecule has 0 radical (unpaired) electrons. The smallest absolute Gasteiger partial charge is 0.314 e. The minimum Gasteiger partial charge on any atom is -0.381 e. The topological polar surface area (TPSA) is 62.8 Å². The second kappa shape index (κ2) is 11.5. The third kappa shape index (κ3) is 6.99. The van der Waals surface area contributed by atoms with Gasteiger partial charge in [0.15, 0.2) is 0 Å². The second-order valence-electron chi connectivity index (χ2n) is 6.99. The van der Waals surface area contributed by atoms with E-state index in [-0.39, 0.29) is 6.03 Å². The normalized spacial score (nSPS) is 21.7. The van der Waals surface area contributed by atoms with Gasteiger partial charge in [0, 0.05) is 49.6 Å². The standard InChI is InChI=1S/C20H31N3O3S/c24-20(21-8-4-14-27-18-5-2-1-3-6-18)22-15-19(17-7-11-26-16-17)23-9-12-25-13-10-23/h1-3,5-6,17,19H,4,7-16H2,(H2,21,22,24). The van der Waals surface area contributed by atoms with Crippen molar-refractivity contribution >= 4 is 17.8 Å². The number of morpholine rings is 1. The highest BCUT2D eigenvalue weighted by Crippen LogP contribution is 2.22. The van der Waals surface area contributed by atoms with Gasteiger partial charge in [0.1, 0.15) is 0 Å². The van der Waals surface area contributed by atoms with Gasteiger partial charge in [-0.15, -0.1) is 11.8 Å². The maximum Gasteiger partial charge on any atom is 0.314 e. The molecule has 2 atom stereocenters. The maximum absolute atomic E-state index is 12.2. The number of rotatable bonds is 9. The molecular weight excluding hydrogens is 362 g/mol. The number of thioether (sulfide) groups is 1. The van der Waals surface area contributed by atoms with Gasteiger partial charge in [0.25, 0.3) is 0 Å². The van der Waals surface area contributed by atoms with E-state index in [2.05, 4.69) is 27.7 Å². The van der Waals surface area contributed by atoms with Crippen LogP contribution in [0.25, 0.3) is 0 Å². The SMILES string of the molecule is O=C(NCCCSc1ccccc1)NCC(C1CCOC1)N1CCOCC1. The molecule has 0 bridgehead atoms. The zero-order valence-electron chi connectivity index (χ0n) is 15.9. The minimum absolute atomic E-state index is 0.0723. The first kappa shape index (κ1) is 20.5. The molecule has 0 aliphatic carbocycles. The van der Waals surface area contributed by atoms with Gasteiger partial charge < -0.3 is 20.1 Å². The summed E-state index contributed by atoms with van der Waals surface area (Å²) in [7, 11) is 0. The molecule has 2 unspecified atom stereocenters. The molecule has 0 aromatic heterocycles. The van der Waals surface area contributed by atoms with Crippen LogP contribution in [-0.2, 0) is 9.47 Å². The predicted molar refractivity (Wildman–Crippen MR) is 108 cm³/mol. The van der Waals surface area contributed by atoms with Crippen LogP contribution < -0.4 is 10.6 Å². The highest BCUT2D eigenvalue weighted by atomic mass is 32.2. The lowest BCUT2D eigenvalue weighted by atomic mass is 9.97. The lowest BCUT2D eigenvalue weighted by molar-refractivity contribution is 0.00213. The summed E-state index contributed by atoms with van der Waals surface area (Å²) in [4.78, 5) is 15.9. The van der Waals surface area contributed by atoms with Crippen LogP contribution in [0, 0.1) is 5.92 Å². The lowest BCUT2D eigenvalue weighted by Crippen LogP contribution is -2.53. The molecule has 27 heavy (non-hydrogen) atoms. The van der Waals surface area contributed by atoms with Crippen molar-refractivity contribution in [2.45, 2.75) is 23.8 Å². The number of carbonyl (C=O) groups excluding carboxylic acids is 1. The third-order valence-electron chi connectivity index (χ3n) is 5.11. The van der Waals surface area contributed by atoms with Gasteiger partial charge in [0.05, 0.1) is 19.8 Å². The first-order chi connectivity index (χ1) is 13.3. The zero-order valence-corrected chi connectivity index (χ0v) is 16.7. The van der Waals surface area contributed by atoms with Crippen LogP contribution in [0.15, 0.2) is 35.2 Å². The summed E-state index contributed by atoms with van der Waals surface area (Å²) in [5.41, 5.74) is 0. The van der Waals surface area contributed by atoms with Crippen LogP contribution in [0.5, 0.6) is 0 Å². The van der Waals surface area contributed by atoms with Gasteiger partial charge in [-0.3, -0.25) is 4.90 Å². The fourth-order valence-corrected chi connectivity index (χ4v) is 4.47. The number of amides is 2. The Balaban J connectivity index is 1.33. The molecule has 2 aliphatic heterocycles. The van der Waals surface area contributed by atoms with E-state index in [1.54, 1.807) is 0 Å². The maximum atomic E-state index is 12.2. The van der Waals surface area contributed by atoms with Crippen molar-refractivity contribution < 1.29 is 14.3 Å². The summed E-state index contributed by atoms with van der Waals surface area (Å²) in [6.07, 6.45) is 2.03. The molecule has 1 aromatic carbocycles. The van der Waals surface area contributed by atoms with Gasteiger partial charge in [-0.05, 0) is 30.7 Å². The highest BCUT2D eigenvalue weighted by Gasteiger charge is 2.31. The molecule has 0 saturated carbocycles. The molecule has 7 heteroatoms. The van der Waals surface area contributed by atoms with E-state index in [4.69, 9.17) is 9.47 Å². The molecule has 2 aliphatic rings. The number of ether oxygens (including phenoxy) is 2. The van der Waals surface area contributed by atoms with Crippen LogP contribution >= 0.6 is 11.8 Å². The summed E-state index contributed by atoms with van der Waals surface area (Å²) >= 11 is 1.82. The molecule has 3 rings (SSSR count). The zero-order chi connectivity index (χ0) is 18.7. The summed E-state index contributed by atoms with van der Waals surface area (Å²) in [5, 5.41) is 6.05. The van der Waals surface area contributed by atoms with E-state index in [9.17, 15) is 4.79 Å². The van der Waals surface area contributed by atoms with Crippen molar-refractivity contribution in [1.82, 2.24) is 15.5 Å². The van der Waals surface area contributed by atoms with Crippen molar-refractivity contribution in [3.8, 4) is 0 Å². The fourth-order valence-electron chi connectivity index (χ4n) is 3.60. The Labute approximate surface area is 166 Å². The molecule has 2 N–H and O–H groups in total. The number of nitrogens with one attached hydrogen (secondary N) is 2. The molecule has 2 heterocycles. The van der Waals surface area contributed by atoms with Gasteiger partial charge in [-0.1, -0.05) is 18.2 Å². The Kier molecular flexibility index (Phi) is 8.74. The van der Waals surface area contributed by atoms with E-state index in [1.807, 2.05) is 30.0 Å². The van der Waals surface area contributed by atoms with E-state index in [0.29, 0.717) is 25.0 Å². The van der Waals surface area contributed by atoms with Crippen molar-refractivity contribution in [2.75, 3.05) is 58.4 Å². The van der Waals surface area contributed by atoms with Crippen LogP contribution in [0.1, 0.15) is 12.8 Å². The van der Waals surface area contributed by atoms with Gasteiger partial charge >= 0.3 is 6.03 Å². The number of hydrogen-bond acceptors (Lipinski definition) is 5. The Morgan fingerprint density at radius 1 is 1.15 bits per heavy atom. The van der Waals surface area contributed by atoms with Crippen LogP contribution in [0.2, 0.25) is 0 Å². The molecule has 0 spiro atoms. The van der Waals surface area contributed by atoms with Crippen LogP contribution in [-0.4, -0.2) is 75.3 Å². The largest absolute Gasteiger partial charge is 0.381 e. The average Bonchev–Trinajstić information content (AvgIpc) is 3.24. The van der Waals surface area contributed by atoms with Crippen molar-refractivity contribution in [1.29, 1.82) is 0 Å². The number of carbonyl (C=O) groups is 1. The van der Waals surface area contributed by atoms with E-state index < -0.39 is 0 Å². The first-order valence-corrected chi connectivity index (χ1v) is 10.9. The second-order valence-corrected chi connectivity index (χ2v) is 8.16. The Morgan fingerprint density at radius 3 is 2.70 bits per heavy atom. The Hall–Kier alpha value is -1.28. The summed E-state index contributed by atoms with van der Waals surface area (Å²) < 4.78 is 11.0. The van der Waals surface area contributed by atoms with Crippen molar-refractivity contribution in [3.63, 3.8) is 0 Å². The molecule has 2 saturated heterocycles. The van der Waals surface area contributed by atoms with E-state index in [0.717, 1.165) is 58.1 Å². The fraction of sp³-hybridized carbons (Fsp3) is 0.650. The summed E-state index contributed by atoms with van der Waals surface area (Å²) in [6, 6.07) is 10.6. The summed E-state index contributed by atoms with van der Waals surface area (Å²) in [6.45, 7) is 6.39. The number of urea groups is 1. The Bertz CT molecular complexity index is 549. The molecule has 150 valence electrons. The van der Waals surface area contributed by atoms with Gasteiger partial charge in [-0.25, -0.2) is 4.79 Å². The minimum atomic E-state index is -0.0723. The Morgan fingerprint density at radius 2 is 1.96 bits per heavy atom. The quantitative estimate of drug-likeness (QED) is 0.498. The third-order valence-corrected chi connectivity index (χ3v) is 6.21. The van der Waals surface area contributed by atoms with Gasteiger partial charge in [0.2, 0.25) is 0 Å². The molecule has 6 nitrogen and oxygen atoms in total. The van der Waals surface area contributed by atoms with E-state index in [1.165, 1.54) is 4.90 Å². The molecule has 2 fully saturated rings. The molecular formula is C20H31N3O3S. The molecule has 1 aromatic rings. The highest BCUT2D eigenvalue weighted by molar-refractivity contribution is 7.99. The van der Waals surface area contributed by atoms with Gasteiger partial charge in [-0.2, -0.15) is 0 Å². The lowest BCUT2D eigenvalue weighted by Gasteiger charge is -2.37.